The number of hydrogen-bond acceptors (Lipinski definition) is 3. The van der Waals surface area contributed by atoms with E-state index in [-0.39, 0.29) is 11.8 Å². The normalized spacial score (nSPS) is 20.0. The Hall–Kier alpha value is -1.29. The molecular weight excluding hydrogens is 399 g/mol. The second-order valence-electron chi connectivity index (χ2n) is 8.67. The largest absolute Gasteiger partial charge is 0.490 e. The van der Waals surface area contributed by atoms with Gasteiger partial charge >= 0.3 is 7.60 Å². The zero-order chi connectivity index (χ0) is 22.0. The number of hydrogen-bond donors (Lipinski definition) is 2. The van der Waals surface area contributed by atoms with Gasteiger partial charge in [0.05, 0.1) is 6.16 Å². The summed E-state index contributed by atoms with van der Waals surface area (Å²) in [4.78, 5) is 18.6. The van der Waals surface area contributed by atoms with Crippen molar-refractivity contribution in [3.8, 4) is 11.5 Å². The monoisotopic (exact) mass is 438 g/mol. The van der Waals surface area contributed by atoms with Crippen molar-refractivity contribution in [2.75, 3.05) is 6.16 Å². The second kappa shape index (κ2) is 11.9. The molecule has 0 amide bonds. The summed E-state index contributed by atoms with van der Waals surface area (Å²) in [5.41, 5.74) is 0.800. The molecule has 30 heavy (non-hydrogen) atoms. The topological polar surface area (TPSA) is 76.0 Å². The first-order chi connectivity index (χ1) is 14.2. The lowest BCUT2D eigenvalue weighted by molar-refractivity contribution is 0.113. The highest BCUT2D eigenvalue weighted by Gasteiger charge is 2.29. The highest BCUT2D eigenvalue weighted by Crippen LogP contribution is 2.39. The Balaban J connectivity index is 1.93. The van der Waals surface area contributed by atoms with E-state index in [9.17, 15) is 14.4 Å². The van der Waals surface area contributed by atoms with Crippen LogP contribution in [0.25, 0.3) is 0 Å². The lowest BCUT2D eigenvalue weighted by atomic mass is 9.91. The van der Waals surface area contributed by atoms with E-state index in [4.69, 9.17) is 9.47 Å². The van der Waals surface area contributed by atoms with Crippen LogP contribution in [0.3, 0.4) is 0 Å². The molecule has 0 bridgehead atoms. The van der Waals surface area contributed by atoms with Crippen LogP contribution in [-0.2, 0) is 11.0 Å². The van der Waals surface area contributed by atoms with Crippen molar-refractivity contribution in [3.63, 3.8) is 0 Å². The van der Waals surface area contributed by atoms with Crippen LogP contribution in [0.5, 0.6) is 11.5 Å². The average Bonchev–Trinajstić information content (AvgIpc) is 2.66. The fourth-order valence-corrected chi connectivity index (χ4v) is 4.68. The Morgan fingerprint density at radius 2 is 1.97 bits per heavy atom. The molecule has 2 unspecified atom stereocenters. The van der Waals surface area contributed by atoms with Gasteiger partial charge in [-0.2, -0.15) is 0 Å². The van der Waals surface area contributed by atoms with Gasteiger partial charge in [0.25, 0.3) is 0 Å². The first-order valence-corrected chi connectivity index (χ1v) is 13.3. The number of rotatable bonds is 13. The van der Waals surface area contributed by atoms with Crippen molar-refractivity contribution >= 4 is 7.60 Å². The summed E-state index contributed by atoms with van der Waals surface area (Å²) in [6, 6.07) is 5.71. The number of fused-ring (bicyclic) bond motifs is 1. The summed E-state index contributed by atoms with van der Waals surface area (Å²) in [5, 5.41) is 0. The minimum Gasteiger partial charge on any atom is -0.490 e. The first kappa shape index (κ1) is 25.0. The number of aryl methyl sites for hydroxylation is 1. The molecule has 170 valence electrons. The summed E-state index contributed by atoms with van der Waals surface area (Å²) in [7, 11) is -4.11. The molecule has 1 aromatic carbocycles. The van der Waals surface area contributed by atoms with E-state index >= 15 is 0 Å². The third-order valence-corrected chi connectivity index (χ3v) is 6.45. The minimum absolute atomic E-state index is 0.254. The molecule has 1 heterocycles. The molecule has 0 radical (unpaired) electrons. The van der Waals surface area contributed by atoms with Crippen molar-refractivity contribution in [1.82, 2.24) is 0 Å². The Morgan fingerprint density at radius 1 is 1.20 bits per heavy atom. The average molecular weight is 439 g/mol. The number of allylic oxidation sites excluding steroid dienone is 1. The van der Waals surface area contributed by atoms with E-state index in [0.29, 0.717) is 12.2 Å². The predicted molar refractivity (Wildman–Crippen MR) is 123 cm³/mol. The standard InChI is InChI=1S/C24H39O5P/c1-4-6-7-8-9-10-11-16-24(3)17-15-20-18-21(13-14-23(20)29-24)28-22(12-5-2)19-30(25,26)27/h11,13-14,16,18,22H,4-10,12,15,17,19H2,1-3H3,(H2,25,26,27)/b16-11+. The maximum absolute atomic E-state index is 11.4. The van der Waals surface area contributed by atoms with Crippen molar-refractivity contribution in [2.45, 2.75) is 96.7 Å². The highest BCUT2D eigenvalue weighted by molar-refractivity contribution is 7.51. The van der Waals surface area contributed by atoms with Crippen LogP contribution >= 0.6 is 7.60 Å². The molecule has 1 aliphatic rings. The quantitative estimate of drug-likeness (QED) is 0.211. The SMILES string of the molecule is CCCCCCC/C=C/C1(C)CCc2cc(OC(CCC)CP(=O)(O)O)ccc2O1. The van der Waals surface area contributed by atoms with Crippen LogP contribution < -0.4 is 9.47 Å². The van der Waals surface area contributed by atoms with Crippen LogP contribution in [0.15, 0.2) is 30.4 Å². The molecular formula is C24H39O5P. The molecule has 0 spiro atoms. The van der Waals surface area contributed by atoms with Crippen molar-refractivity contribution in [2.24, 2.45) is 0 Å². The van der Waals surface area contributed by atoms with Gasteiger partial charge in [0.2, 0.25) is 0 Å². The number of benzene rings is 1. The van der Waals surface area contributed by atoms with Crippen molar-refractivity contribution in [3.05, 3.63) is 35.9 Å². The molecule has 0 aliphatic carbocycles. The lowest BCUT2D eigenvalue weighted by Crippen LogP contribution is -2.34. The van der Waals surface area contributed by atoms with Crippen molar-refractivity contribution in [1.29, 1.82) is 0 Å². The molecule has 0 fully saturated rings. The van der Waals surface area contributed by atoms with Gasteiger partial charge in [-0.15, -0.1) is 0 Å². The molecule has 1 aliphatic heterocycles. The fourth-order valence-electron chi connectivity index (χ4n) is 3.89. The van der Waals surface area contributed by atoms with E-state index in [1.807, 2.05) is 25.1 Å². The third kappa shape index (κ3) is 8.83. The van der Waals surface area contributed by atoms with Crippen LogP contribution in [0.4, 0.5) is 0 Å². The van der Waals surface area contributed by atoms with Crippen LogP contribution in [0, 0.1) is 0 Å². The Kier molecular flexibility index (Phi) is 9.93. The highest BCUT2D eigenvalue weighted by atomic mass is 31.2. The minimum atomic E-state index is -4.11. The molecule has 2 rings (SSSR count). The molecule has 2 atom stereocenters. The van der Waals surface area contributed by atoms with Gasteiger partial charge in [0.1, 0.15) is 23.2 Å². The lowest BCUT2D eigenvalue weighted by Gasteiger charge is -2.34. The fraction of sp³-hybridized carbons (Fsp3) is 0.667. The summed E-state index contributed by atoms with van der Waals surface area (Å²) >= 11 is 0. The molecule has 0 saturated heterocycles. The maximum atomic E-state index is 11.4. The molecule has 0 aromatic heterocycles. The molecule has 6 heteroatoms. The number of ether oxygens (including phenoxy) is 2. The van der Waals surface area contributed by atoms with Gasteiger partial charge in [-0.05, 0) is 68.9 Å². The molecule has 0 saturated carbocycles. The second-order valence-corrected chi connectivity index (χ2v) is 10.4. The van der Waals surface area contributed by atoms with Gasteiger partial charge < -0.3 is 19.3 Å². The van der Waals surface area contributed by atoms with Gasteiger partial charge in [0.15, 0.2) is 0 Å². The van der Waals surface area contributed by atoms with E-state index in [1.165, 1.54) is 32.1 Å². The van der Waals surface area contributed by atoms with Crippen LogP contribution in [-0.4, -0.2) is 27.7 Å². The first-order valence-electron chi connectivity index (χ1n) is 11.5. The Morgan fingerprint density at radius 3 is 2.67 bits per heavy atom. The van der Waals surface area contributed by atoms with Crippen LogP contribution in [0.1, 0.15) is 84.1 Å². The Bertz CT molecular complexity index is 726. The van der Waals surface area contributed by atoms with E-state index in [2.05, 4.69) is 26.0 Å². The smallest absolute Gasteiger partial charge is 0.329 e. The van der Waals surface area contributed by atoms with Gasteiger partial charge in [-0.1, -0.05) is 52.0 Å². The maximum Gasteiger partial charge on any atom is 0.329 e. The third-order valence-electron chi connectivity index (χ3n) is 5.57. The zero-order valence-electron chi connectivity index (χ0n) is 18.8. The summed E-state index contributed by atoms with van der Waals surface area (Å²) < 4.78 is 23.6. The van der Waals surface area contributed by atoms with Crippen LogP contribution in [0.2, 0.25) is 0 Å². The summed E-state index contributed by atoms with van der Waals surface area (Å²) in [6.45, 7) is 6.35. The van der Waals surface area contributed by atoms with E-state index in [1.54, 1.807) is 0 Å². The van der Waals surface area contributed by atoms with E-state index < -0.39 is 13.7 Å². The van der Waals surface area contributed by atoms with Gasteiger partial charge in [0, 0.05) is 0 Å². The summed E-state index contributed by atoms with van der Waals surface area (Å²) in [5.74, 6) is 1.51. The summed E-state index contributed by atoms with van der Waals surface area (Å²) in [6.07, 6.45) is 14.5. The van der Waals surface area contributed by atoms with Gasteiger partial charge in [-0.3, -0.25) is 4.57 Å². The van der Waals surface area contributed by atoms with Gasteiger partial charge in [-0.25, -0.2) is 0 Å². The molecule has 2 N–H and O–H groups in total. The van der Waals surface area contributed by atoms with Crippen molar-refractivity contribution < 1.29 is 23.8 Å². The number of unbranched alkanes of at least 4 members (excludes halogenated alkanes) is 5. The Labute approximate surface area is 182 Å². The zero-order valence-corrected chi connectivity index (χ0v) is 19.7. The van der Waals surface area contributed by atoms with E-state index in [0.717, 1.165) is 37.0 Å². The molecule has 5 nitrogen and oxygen atoms in total. The predicted octanol–water partition coefficient (Wildman–Crippen LogP) is 6.41. The molecule has 1 aromatic rings.